The maximum absolute atomic E-state index is 12.2. The number of methoxy groups -OCH3 is 2. The lowest BCUT2D eigenvalue weighted by atomic mass is 10.2. The first-order chi connectivity index (χ1) is 14.1. The molecule has 0 saturated heterocycles. The van der Waals surface area contributed by atoms with Crippen molar-refractivity contribution in [1.82, 2.24) is 4.31 Å². The van der Waals surface area contributed by atoms with Crippen LogP contribution in [0.3, 0.4) is 0 Å². The van der Waals surface area contributed by atoms with E-state index in [9.17, 15) is 18.0 Å². The molecule has 0 aliphatic heterocycles. The van der Waals surface area contributed by atoms with E-state index in [0.717, 1.165) is 4.31 Å². The second-order valence-electron chi connectivity index (χ2n) is 6.12. The van der Waals surface area contributed by atoms with Crippen molar-refractivity contribution in [2.75, 3.05) is 40.2 Å². The van der Waals surface area contributed by atoms with Gasteiger partial charge in [-0.05, 0) is 36.4 Å². The first-order valence-electron chi connectivity index (χ1n) is 8.51. The van der Waals surface area contributed by atoms with Gasteiger partial charge in [0, 0.05) is 14.1 Å². The predicted molar refractivity (Wildman–Crippen MR) is 111 cm³/mol. The quantitative estimate of drug-likeness (QED) is 0.607. The maximum Gasteiger partial charge on any atom is 0.338 e. The number of esters is 1. The molecule has 0 spiro atoms. The van der Waals surface area contributed by atoms with Crippen LogP contribution in [0.4, 0.5) is 5.69 Å². The largest absolute Gasteiger partial charge is 0.493 e. The number of rotatable bonds is 8. The highest BCUT2D eigenvalue weighted by molar-refractivity contribution is 7.89. The molecule has 0 heterocycles. The van der Waals surface area contributed by atoms with Crippen molar-refractivity contribution in [3.05, 3.63) is 47.0 Å². The van der Waals surface area contributed by atoms with E-state index in [1.165, 1.54) is 64.7 Å². The number of nitrogens with one attached hydrogen (secondary N) is 1. The highest BCUT2D eigenvalue weighted by Gasteiger charge is 2.20. The summed E-state index contributed by atoms with van der Waals surface area (Å²) >= 11 is 6.03. The summed E-state index contributed by atoms with van der Waals surface area (Å²) in [6.07, 6.45) is 0. The Morgan fingerprint density at radius 1 is 1.03 bits per heavy atom. The molecule has 0 aromatic heterocycles. The van der Waals surface area contributed by atoms with E-state index in [1.807, 2.05) is 0 Å². The van der Waals surface area contributed by atoms with Crippen molar-refractivity contribution >= 4 is 39.2 Å². The topological polar surface area (TPSA) is 111 Å². The van der Waals surface area contributed by atoms with Crippen molar-refractivity contribution in [3.63, 3.8) is 0 Å². The zero-order chi connectivity index (χ0) is 22.5. The molecule has 162 valence electrons. The Morgan fingerprint density at radius 2 is 1.70 bits per heavy atom. The number of anilines is 1. The van der Waals surface area contributed by atoms with Gasteiger partial charge in [-0.3, -0.25) is 4.79 Å². The molecule has 30 heavy (non-hydrogen) atoms. The minimum Gasteiger partial charge on any atom is -0.493 e. The van der Waals surface area contributed by atoms with Crippen LogP contribution in [0.1, 0.15) is 10.4 Å². The number of amides is 1. The number of sulfonamides is 1. The van der Waals surface area contributed by atoms with Crippen LogP contribution >= 0.6 is 11.6 Å². The minimum absolute atomic E-state index is 0.0467. The fourth-order valence-electron chi connectivity index (χ4n) is 2.34. The maximum atomic E-state index is 12.2. The highest BCUT2D eigenvalue weighted by Crippen LogP contribution is 2.28. The molecular weight excluding hydrogens is 436 g/mol. The molecule has 1 N–H and O–H groups in total. The van der Waals surface area contributed by atoms with Crippen LogP contribution in [0.25, 0.3) is 0 Å². The Morgan fingerprint density at radius 3 is 2.30 bits per heavy atom. The van der Waals surface area contributed by atoms with E-state index in [4.69, 9.17) is 25.8 Å². The van der Waals surface area contributed by atoms with Crippen LogP contribution in [0.2, 0.25) is 5.02 Å². The highest BCUT2D eigenvalue weighted by atomic mass is 35.5. The van der Waals surface area contributed by atoms with Crippen LogP contribution in [-0.2, 0) is 19.6 Å². The molecule has 2 aromatic carbocycles. The SMILES string of the molecule is COc1ccc(C(=O)OCC(=O)Nc2cc(S(=O)(=O)N(C)C)ccc2Cl)cc1OC. The van der Waals surface area contributed by atoms with E-state index in [0.29, 0.717) is 11.5 Å². The van der Waals surface area contributed by atoms with E-state index >= 15 is 0 Å². The summed E-state index contributed by atoms with van der Waals surface area (Å²) in [5.74, 6) is -0.664. The summed E-state index contributed by atoms with van der Waals surface area (Å²) in [6, 6.07) is 8.32. The minimum atomic E-state index is -3.71. The third-order valence-electron chi connectivity index (χ3n) is 3.94. The summed E-state index contributed by atoms with van der Waals surface area (Å²) in [5, 5.41) is 2.57. The van der Waals surface area contributed by atoms with Crippen LogP contribution < -0.4 is 14.8 Å². The number of carbonyl (C=O) groups is 2. The molecule has 0 saturated carbocycles. The van der Waals surface area contributed by atoms with E-state index in [-0.39, 0.29) is 21.2 Å². The standard InChI is InChI=1S/C19H21ClN2O7S/c1-22(2)30(25,26)13-6-7-14(20)15(10-13)21-18(23)11-29-19(24)12-5-8-16(27-3)17(9-12)28-4/h5-10H,11H2,1-4H3,(H,21,23). The summed E-state index contributed by atoms with van der Waals surface area (Å²) in [5.41, 5.74) is 0.240. The van der Waals surface area contributed by atoms with Crippen LogP contribution in [0.5, 0.6) is 11.5 Å². The average molecular weight is 457 g/mol. The zero-order valence-electron chi connectivity index (χ0n) is 16.8. The molecule has 9 nitrogen and oxygen atoms in total. The van der Waals surface area contributed by atoms with Crippen LogP contribution in [-0.4, -0.2) is 59.5 Å². The van der Waals surface area contributed by atoms with Gasteiger partial charge in [0.15, 0.2) is 18.1 Å². The molecule has 0 aliphatic rings. The molecule has 0 aliphatic carbocycles. The second kappa shape index (κ2) is 9.79. The number of benzene rings is 2. The van der Waals surface area contributed by atoms with Crippen molar-refractivity contribution in [2.24, 2.45) is 0 Å². The molecule has 0 bridgehead atoms. The lowest BCUT2D eigenvalue weighted by Gasteiger charge is -2.14. The molecule has 0 radical (unpaired) electrons. The van der Waals surface area contributed by atoms with Gasteiger partial charge in [-0.25, -0.2) is 17.5 Å². The second-order valence-corrected chi connectivity index (χ2v) is 8.68. The fourth-order valence-corrected chi connectivity index (χ4v) is 3.43. The number of hydrogen-bond donors (Lipinski definition) is 1. The van der Waals surface area contributed by atoms with E-state index in [2.05, 4.69) is 5.32 Å². The molecule has 1 amide bonds. The first-order valence-corrected chi connectivity index (χ1v) is 10.3. The summed E-state index contributed by atoms with van der Waals surface area (Å²) < 4.78 is 40.7. The van der Waals surface area contributed by atoms with Crippen molar-refractivity contribution in [1.29, 1.82) is 0 Å². The zero-order valence-corrected chi connectivity index (χ0v) is 18.3. The molecule has 0 fully saturated rings. The Kier molecular flexibility index (Phi) is 7.65. The number of carbonyl (C=O) groups excluding carboxylic acids is 2. The molecule has 2 aromatic rings. The van der Waals surface area contributed by atoms with Crippen LogP contribution in [0, 0.1) is 0 Å². The van der Waals surface area contributed by atoms with Gasteiger partial charge < -0.3 is 19.5 Å². The number of halogens is 1. The third kappa shape index (κ3) is 5.41. The Hall–Kier alpha value is -2.82. The monoisotopic (exact) mass is 456 g/mol. The number of ether oxygens (including phenoxy) is 3. The molecule has 11 heteroatoms. The van der Waals surface area contributed by atoms with Gasteiger partial charge in [-0.1, -0.05) is 11.6 Å². The summed E-state index contributed by atoms with van der Waals surface area (Å²) in [4.78, 5) is 24.3. The third-order valence-corrected chi connectivity index (χ3v) is 6.08. The van der Waals surface area contributed by atoms with Gasteiger partial charge in [-0.15, -0.1) is 0 Å². The van der Waals surface area contributed by atoms with Gasteiger partial charge in [0.05, 0.1) is 35.4 Å². The van der Waals surface area contributed by atoms with E-state index < -0.39 is 28.5 Å². The molecule has 0 atom stereocenters. The lowest BCUT2D eigenvalue weighted by Crippen LogP contribution is -2.23. The smallest absolute Gasteiger partial charge is 0.338 e. The molecular formula is C19H21ClN2O7S. The van der Waals surface area contributed by atoms with Gasteiger partial charge in [0.25, 0.3) is 5.91 Å². The molecule has 2 rings (SSSR count). The lowest BCUT2D eigenvalue weighted by molar-refractivity contribution is -0.119. The Bertz CT molecular complexity index is 1050. The summed E-state index contributed by atoms with van der Waals surface area (Å²) in [6.45, 7) is -0.603. The Balaban J connectivity index is 2.07. The van der Waals surface area contributed by atoms with Crippen LogP contribution in [0.15, 0.2) is 41.3 Å². The van der Waals surface area contributed by atoms with E-state index in [1.54, 1.807) is 0 Å². The van der Waals surface area contributed by atoms with Crippen molar-refractivity contribution in [3.8, 4) is 11.5 Å². The molecule has 0 unspecified atom stereocenters. The average Bonchev–Trinajstić information content (AvgIpc) is 2.72. The summed E-state index contributed by atoms with van der Waals surface area (Å²) in [7, 11) is 1.95. The predicted octanol–water partition coefficient (Wildman–Crippen LogP) is 2.40. The van der Waals surface area contributed by atoms with Gasteiger partial charge in [0.1, 0.15) is 0 Å². The Labute approximate surface area is 179 Å². The van der Waals surface area contributed by atoms with Crippen molar-refractivity contribution in [2.45, 2.75) is 4.90 Å². The number of hydrogen-bond acceptors (Lipinski definition) is 7. The normalized spacial score (nSPS) is 11.1. The first kappa shape index (κ1) is 23.5. The van der Waals surface area contributed by atoms with Crippen molar-refractivity contribution < 1.29 is 32.2 Å². The number of nitrogens with zero attached hydrogens (tertiary/aromatic N) is 1. The van der Waals surface area contributed by atoms with Gasteiger partial charge >= 0.3 is 5.97 Å². The van der Waals surface area contributed by atoms with Gasteiger partial charge in [0.2, 0.25) is 10.0 Å². The van der Waals surface area contributed by atoms with Gasteiger partial charge in [-0.2, -0.15) is 0 Å². The fraction of sp³-hybridized carbons (Fsp3) is 0.263.